The van der Waals surface area contributed by atoms with Crippen molar-refractivity contribution in [1.29, 1.82) is 0 Å². The van der Waals surface area contributed by atoms with Gasteiger partial charge in [-0.3, -0.25) is 14.4 Å². The van der Waals surface area contributed by atoms with Crippen molar-refractivity contribution in [2.75, 3.05) is 7.05 Å². The molecule has 2 heterocycles. The molecule has 2 aromatic carbocycles. The summed E-state index contributed by atoms with van der Waals surface area (Å²) in [6, 6.07) is 14.4. The molecule has 10 heteroatoms. The van der Waals surface area contributed by atoms with Gasteiger partial charge in [0.25, 0.3) is 27.4 Å². The highest BCUT2D eigenvalue weighted by molar-refractivity contribution is 7.90. The van der Waals surface area contributed by atoms with Gasteiger partial charge in [0.05, 0.1) is 22.0 Å². The van der Waals surface area contributed by atoms with E-state index in [4.69, 9.17) is 0 Å². The van der Waals surface area contributed by atoms with Crippen molar-refractivity contribution in [3.63, 3.8) is 0 Å². The fourth-order valence-corrected chi connectivity index (χ4v) is 5.87. The fraction of sp³-hybridized carbons (Fsp3) is 0.250. The number of hydrogen-bond acceptors (Lipinski definition) is 5. The number of nitrogens with zero attached hydrogens (tertiary/aromatic N) is 2. The Hall–Kier alpha value is -4.18. The predicted molar refractivity (Wildman–Crippen MR) is 144 cm³/mol. The SMILES string of the molecule is CNC(=O)c1cc(C(=O)NC2CC2)cn(C(C)c2cccc3c2ccn3S(=O)(=O)c2ccc(C)cc2)c1=O. The molecular formula is C28H28N4O5S. The van der Waals surface area contributed by atoms with E-state index in [2.05, 4.69) is 10.6 Å². The van der Waals surface area contributed by atoms with E-state index in [-0.39, 0.29) is 28.0 Å². The Morgan fingerprint density at radius 1 is 1.03 bits per heavy atom. The van der Waals surface area contributed by atoms with Gasteiger partial charge in [0.15, 0.2) is 0 Å². The van der Waals surface area contributed by atoms with Crippen LogP contribution in [0, 0.1) is 6.92 Å². The van der Waals surface area contributed by atoms with Crippen LogP contribution in [0.3, 0.4) is 0 Å². The minimum absolute atomic E-state index is 0.104. The summed E-state index contributed by atoms with van der Waals surface area (Å²) in [6.07, 6.45) is 4.74. The molecule has 0 spiro atoms. The van der Waals surface area contributed by atoms with Crippen molar-refractivity contribution in [2.45, 2.75) is 43.7 Å². The van der Waals surface area contributed by atoms with Gasteiger partial charge in [-0.1, -0.05) is 29.8 Å². The molecule has 1 unspecified atom stereocenters. The van der Waals surface area contributed by atoms with E-state index in [0.29, 0.717) is 16.5 Å². The van der Waals surface area contributed by atoms with E-state index >= 15 is 0 Å². The Labute approximate surface area is 220 Å². The number of nitrogens with one attached hydrogen (secondary N) is 2. The van der Waals surface area contributed by atoms with Crippen molar-refractivity contribution >= 4 is 32.7 Å². The van der Waals surface area contributed by atoms with Gasteiger partial charge in [-0.05, 0) is 62.6 Å². The van der Waals surface area contributed by atoms with Crippen LogP contribution < -0.4 is 16.2 Å². The minimum atomic E-state index is -3.86. The summed E-state index contributed by atoms with van der Waals surface area (Å²) in [7, 11) is -2.44. The number of amides is 2. The summed E-state index contributed by atoms with van der Waals surface area (Å²) in [5.74, 6) is -0.947. The summed E-state index contributed by atoms with van der Waals surface area (Å²) in [4.78, 5) is 38.9. The number of rotatable bonds is 7. The Kier molecular flexibility index (Phi) is 6.44. The molecule has 0 bridgehead atoms. The molecule has 1 saturated carbocycles. The van der Waals surface area contributed by atoms with Gasteiger partial charge >= 0.3 is 0 Å². The third-order valence-electron chi connectivity index (χ3n) is 6.87. The van der Waals surface area contributed by atoms with E-state index < -0.39 is 27.5 Å². The van der Waals surface area contributed by atoms with Gasteiger partial charge in [0.1, 0.15) is 5.56 Å². The molecule has 38 heavy (non-hydrogen) atoms. The maximum atomic E-state index is 13.4. The highest BCUT2D eigenvalue weighted by atomic mass is 32.2. The van der Waals surface area contributed by atoms with Crippen molar-refractivity contribution in [2.24, 2.45) is 0 Å². The normalized spacial score (nSPS) is 14.3. The maximum absolute atomic E-state index is 13.4. The molecule has 196 valence electrons. The van der Waals surface area contributed by atoms with E-state index in [1.54, 1.807) is 55.5 Å². The number of carbonyl (C=O) groups excluding carboxylic acids is 2. The average Bonchev–Trinajstić information content (AvgIpc) is 3.61. The van der Waals surface area contributed by atoms with Gasteiger partial charge in [0.2, 0.25) is 0 Å². The van der Waals surface area contributed by atoms with Crippen LogP contribution in [0.15, 0.2) is 76.7 Å². The smallest absolute Gasteiger partial charge is 0.268 e. The molecule has 9 nitrogen and oxygen atoms in total. The highest BCUT2D eigenvalue weighted by Gasteiger charge is 2.27. The van der Waals surface area contributed by atoms with Crippen molar-refractivity contribution in [3.8, 4) is 0 Å². The van der Waals surface area contributed by atoms with Gasteiger partial charge < -0.3 is 15.2 Å². The molecular weight excluding hydrogens is 504 g/mol. The second-order valence-corrected chi connectivity index (χ2v) is 11.4. The molecule has 2 amide bonds. The third kappa shape index (κ3) is 4.51. The zero-order valence-corrected chi connectivity index (χ0v) is 22.1. The lowest BCUT2D eigenvalue weighted by Gasteiger charge is -2.19. The van der Waals surface area contributed by atoms with Gasteiger partial charge in [-0.15, -0.1) is 0 Å². The predicted octanol–water partition coefficient (Wildman–Crippen LogP) is 3.21. The number of aromatic nitrogens is 2. The van der Waals surface area contributed by atoms with Crippen molar-refractivity contribution in [1.82, 2.24) is 19.2 Å². The van der Waals surface area contributed by atoms with Gasteiger partial charge in [0, 0.05) is 30.9 Å². The van der Waals surface area contributed by atoms with Crippen molar-refractivity contribution in [3.05, 3.63) is 99.6 Å². The molecule has 0 aliphatic heterocycles. The first-order chi connectivity index (χ1) is 18.1. The van der Waals surface area contributed by atoms with Crippen LogP contribution in [-0.2, 0) is 10.0 Å². The topological polar surface area (TPSA) is 119 Å². The number of hydrogen-bond donors (Lipinski definition) is 2. The van der Waals surface area contributed by atoms with Gasteiger partial charge in [-0.2, -0.15) is 0 Å². The summed E-state index contributed by atoms with van der Waals surface area (Å²) in [5.41, 5.74) is 1.58. The van der Waals surface area contributed by atoms with Crippen molar-refractivity contribution < 1.29 is 18.0 Å². The number of fused-ring (bicyclic) bond motifs is 1. The third-order valence-corrected chi connectivity index (χ3v) is 8.57. The molecule has 5 rings (SSSR count). The molecule has 0 saturated heterocycles. The minimum Gasteiger partial charge on any atom is -0.355 e. The molecule has 2 aromatic heterocycles. The van der Waals surface area contributed by atoms with Crippen LogP contribution in [-0.4, -0.2) is 41.9 Å². The quantitative estimate of drug-likeness (QED) is 0.379. The number of aryl methyl sites for hydroxylation is 1. The van der Waals surface area contributed by atoms with Crippen LogP contribution in [0.5, 0.6) is 0 Å². The van der Waals surface area contributed by atoms with E-state index in [0.717, 1.165) is 18.4 Å². The van der Waals surface area contributed by atoms with E-state index in [9.17, 15) is 22.8 Å². The Morgan fingerprint density at radius 3 is 2.39 bits per heavy atom. The molecule has 4 aromatic rings. The fourth-order valence-electron chi connectivity index (χ4n) is 4.52. The Balaban J connectivity index is 1.62. The van der Waals surface area contributed by atoms with Gasteiger partial charge in [-0.25, -0.2) is 12.4 Å². The summed E-state index contributed by atoms with van der Waals surface area (Å²) in [6.45, 7) is 3.66. The first-order valence-corrected chi connectivity index (χ1v) is 13.8. The molecule has 1 aliphatic carbocycles. The number of benzene rings is 2. The lowest BCUT2D eigenvalue weighted by Crippen LogP contribution is -2.35. The summed E-state index contributed by atoms with van der Waals surface area (Å²) >= 11 is 0. The highest BCUT2D eigenvalue weighted by Crippen LogP contribution is 2.30. The van der Waals surface area contributed by atoms with Crippen LogP contribution in [0.25, 0.3) is 10.9 Å². The van der Waals surface area contributed by atoms with Crippen LogP contribution in [0.4, 0.5) is 0 Å². The van der Waals surface area contributed by atoms with Crippen LogP contribution in [0.1, 0.15) is 57.7 Å². The van der Waals surface area contributed by atoms with E-state index in [1.807, 2.05) is 6.92 Å². The zero-order chi connectivity index (χ0) is 27.2. The molecule has 2 N–H and O–H groups in total. The first kappa shape index (κ1) is 25.5. The average molecular weight is 533 g/mol. The first-order valence-electron chi connectivity index (χ1n) is 12.3. The standard InChI is InChI=1S/C28H28N4O5S/c1-17-7-11-21(12-8-17)38(36,37)32-14-13-23-22(5-4-6-25(23)32)18(2)31-16-19(26(33)30-20-9-10-20)15-24(28(31)35)27(34)29-3/h4-8,11-16,18,20H,9-10H2,1-3H3,(H,29,34)(H,30,33). The molecule has 1 aliphatic rings. The molecule has 1 atom stereocenters. The number of pyridine rings is 1. The zero-order valence-electron chi connectivity index (χ0n) is 21.3. The maximum Gasteiger partial charge on any atom is 0.268 e. The number of carbonyl (C=O) groups is 2. The summed E-state index contributed by atoms with van der Waals surface area (Å²) in [5, 5.41) is 5.99. The largest absolute Gasteiger partial charge is 0.355 e. The lowest BCUT2D eigenvalue weighted by molar-refractivity contribution is 0.0950. The second kappa shape index (κ2) is 9.60. The lowest BCUT2D eigenvalue weighted by atomic mass is 10.0. The van der Waals surface area contributed by atoms with Crippen LogP contribution >= 0.6 is 0 Å². The van der Waals surface area contributed by atoms with Crippen LogP contribution in [0.2, 0.25) is 0 Å². The molecule has 0 radical (unpaired) electrons. The Bertz CT molecular complexity index is 1730. The molecule has 1 fully saturated rings. The Morgan fingerprint density at radius 2 is 1.74 bits per heavy atom. The van der Waals surface area contributed by atoms with E-state index in [1.165, 1.54) is 34.0 Å². The summed E-state index contributed by atoms with van der Waals surface area (Å²) < 4.78 is 29.4. The monoisotopic (exact) mass is 532 g/mol. The second-order valence-electron chi connectivity index (χ2n) is 9.57.